The van der Waals surface area contributed by atoms with Gasteiger partial charge in [-0.05, 0) is 30.0 Å². The van der Waals surface area contributed by atoms with E-state index in [-0.39, 0.29) is 5.91 Å². The Hall–Kier alpha value is -2.06. The van der Waals surface area contributed by atoms with E-state index in [1.807, 2.05) is 30.0 Å². The van der Waals surface area contributed by atoms with Crippen molar-refractivity contribution < 1.29 is 9.53 Å². The van der Waals surface area contributed by atoms with Crippen molar-refractivity contribution in [1.29, 1.82) is 5.26 Å². The van der Waals surface area contributed by atoms with Gasteiger partial charge in [-0.1, -0.05) is 26.3 Å². The minimum atomic E-state index is 0.251. The highest BCUT2D eigenvalue weighted by Gasteiger charge is 2.29. The summed E-state index contributed by atoms with van der Waals surface area (Å²) in [5.41, 5.74) is 1.64. The van der Waals surface area contributed by atoms with Crippen molar-refractivity contribution in [2.45, 2.75) is 45.7 Å². The number of carbonyl (C=O) groups is 1. The van der Waals surface area contributed by atoms with Crippen molar-refractivity contribution in [3.63, 3.8) is 0 Å². The molecule has 24 heavy (non-hydrogen) atoms. The van der Waals surface area contributed by atoms with Crippen LogP contribution in [0.25, 0.3) is 0 Å². The van der Waals surface area contributed by atoms with Gasteiger partial charge in [-0.15, -0.1) is 0 Å². The molecule has 0 saturated carbocycles. The molecule has 0 radical (unpaired) electrons. The molecule has 1 fully saturated rings. The molecule has 0 aliphatic carbocycles. The molecule has 1 amide bonds. The van der Waals surface area contributed by atoms with E-state index < -0.39 is 0 Å². The number of amides is 1. The summed E-state index contributed by atoms with van der Waals surface area (Å²) in [5, 5.41) is 12.8. The molecule has 130 valence electrons. The molecule has 2 rings (SSSR count). The zero-order chi connectivity index (χ0) is 17.5. The number of methoxy groups -OCH3 is 1. The van der Waals surface area contributed by atoms with Gasteiger partial charge in [0.25, 0.3) is 0 Å². The monoisotopic (exact) mass is 329 g/mol. The lowest BCUT2D eigenvalue weighted by molar-refractivity contribution is -0.133. The molecular weight excluding hydrogens is 302 g/mol. The van der Waals surface area contributed by atoms with E-state index in [9.17, 15) is 10.1 Å². The quantitative estimate of drug-likeness (QED) is 0.871. The number of ether oxygens (including phenoxy) is 1. The second kappa shape index (κ2) is 8.70. The number of nitriles is 1. The molecule has 1 saturated heterocycles. The van der Waals surface area contributed by atoms with Gasteiger partial charge in [0.15, 0.2) is 0 Å². The molecule has 0 bridgehead atoms. The Kier molecular flexibility index (Phi) is 6.62. The van der Waals surface area contributed by atoms with Crippen LogP contribution in [0.3, 0.4) is 0 Å². The Bertz CT molecular complexity index is 609. The Morgan fingerprint density at radius 3 is 2.88 bits per heavy atom. The summed E-state index contributed by atoms with van der Waals surface area (Å²) in [4.78, 5) is 13.9. The van der Waals surface area contributed by atoms with E-state index in [1.54, 1.807) is 7.11 Å². The molecule has 1 heterocycles. The van der Waals surface area contributed by atoms with Crippen LogP contribution in [0.1, 0.15) is 44.2 Å². The van der Waals surface area contributed by atoms with E-state index in [1.165, 1.54) is 0 Å². The first kappa shape index (κ1) is 18.3. The van der Waals surface area contributed by atoms with Gasteiger partial charge in [0.05, 0.1) is 12.7 Å². The van der Waals surface area contributed by atoms with Gasteiger partial charge in [-0.25, -0.2) is 0 Å². The fraction of sp³-hybridized carbons (Fsp3) is 0.579. The lowest BCUT2D eigenvalue weighted by Crippen LogP contribution is -2.50. The second-order valence-electron chi connectivity index (χ2n) is 6.28. The molecule has 1 N–H and O–H groups in total. The largest absolute Gasteiger partial charge is 0.495 e. The summed E-state index contributed by atoms with van der Waals surface area (Å²) in [6.07, 6.45) is 2.61. The first-order valence-electron chi connectivity index (χ1n) is 8.71. The Morgan fingerprint density at radius 2 is 2.25 bits per heavy atom. The molecule has 0 aromatic heterocycles. The summed E-state index contributed by atoms with van der Waals surface area (Å²) in [6.45, 7) is 6.49. The predicted molar refractivity (Wildman–Crippen MR) is 93.6 cm³/mol. The minimum Gasteiger partial charge on any atom is -0.495 e. The molecule has 5 heteroatoms. The summed E-state index contributed by atoms with van der Waals surface area (Å²) in [5.74, 6) is 1.34. The van der Waals surface area contributed by atoms with Crippen molar-refractivity contribution in [3.05, 3.63) is 29.3 Å². The smallest absolute Gasteiger partial charge is 0.222 e. The van der Waals surface area contributed by atoms with Crippen LogP contribution in [-0.4, -0.2) is 37.0 Å². The summed E-state index contributed by atoms with van der Waals surface area (Å²) in [7, 11) is 1.57. The van der Waals surface area contributed by atoms with Gasteiger partial charge in [-0.3, -0.25) is 4.79 Å². The normalized spacial score (nSPS) is 20.5. The Balaban J connectivity index is 1.96. The number of nitrogens with one attached hydrogen (secondary N) is 1. The van der Waals surface area contributed by atoms with Crippen LogP contribution in [0, 0.1) is 17.2 Å². The number of hydrogen-bond acceptors (Lipinski definition) is 4. The second-order valence-corrected chi connectivity index (χ2v) is 6.28. The standard InChI is InChI=1S/C19H27N3O2/c1-4-15-13-22(19(23)5-2)9-8-17(15)21-12-14-6-7-18(24-3)16(10-14)11-20/h6-7,10,15,17,21H,4-5,8-9,12-13H2,1-3H3/t15-,17-/m0/s1. The summed E-state index contributed by atoms with van der Waals surface area (Å²) >= 11 is 0. The topological polar surface area (TPSA) is 65.4 Å². The third kappa shape index (κ3) is 4.27. The SMILES string of the molecule is CCC(=O)N1CC[C@H](NCc2ccc(OC)c(C#N)c2)[C@@H](CC)C1. The molecule has 1 aromatic carbocycles. The summed E-state index contributed by atoms with van der Waals surface area (Å²) in [6, 6.07) is 8.29. The number of carbonyl (C=O) groups excluding carboxylic acids is 1. The van der Waals surface area contributed by atoms with Gasteiger partial charge >= 0.3 is 0 Å². The number of piperidine rings is 1. The molecule has 2 atom stereocenters. The Morgan fingerprint density at radius 1 is 1.46 bits per heavy atom. The maximum atomic E-state index is 11.9. The van der Waals surface area contributed by atoms with E-state index >= 15 is 0 Å². The maximum Gasteiger partial charge on any atom is 0.222 e. The molecule has 0 spiro atoms. The van der Waals surface area contributed by atoms with E-state index in [0.29, 0.717) is 29.7 Å². The molecule has 1 aliphatic rings. The third-order valence-electron chi connectivity index (χ3n) is 4.87. The maximum absolute atomic E-state index is 11.9. The van der Waals surface area contributed by atoms with Crippen LogP contribution in [0.4, 0.5) is 0 Å². The van der Waals surface area contributed by atoms with Crippen LogP contribution >= 0.6 is 0 Å². The van der Waals surface area contributed by atoms with Crippen molar-refractivity contribution in [2.75, 3.05) is 20.2 Å². The van der Waals surface area contributed by atoms with Crippen LogP contribution in [-0.2, 0) is 11.3 Å². The van der Waals surface area contributed by atoms with Gasteiger partial charge in [-0.2, -0.15) is 5.26 Å². The zero-order valence-corrected chi connectivity index (χ0v) is 14.8. The van der Waals surface area contributed by atoms with E-state index in [2.05, 4.69) is 18.3 Å². The van der Waals surface area contributed by atoms with Gasteiger partial charge in [0, 0.05) is 32.1 Å². The lowest BCUT2D eigenvalue weighted by Gasteiger charge is -2.38. The van der Waals surface area contributed by atoms with Crippen LogP contribution in [0.2, 0.25) is 0 Å². The highest BCUT2D eigenvalue weighted by atomic mass is 16.5. The molecule has 1 aromatic rings. The number of hydrogen-bond donors (Lipinski definition) is 1. The number of rotatable bonds is 6. The van der Waals surface area contributed by atoms with Crippen LogP contribution < -0.4 is 10.1 Å². The van der Waals surface area contributed by atoms with Crippen molar-refractivity contribution in [2.24, 2.45) is 5.92 Å². The molecule has 5 nitrogen and oxygen atoms in total. The third-order valence-corrected chi connectivity index (χ3v) is 4.87. The molecule has 0 unspecified atom stereocenters. The number of nitrogens with zero attached hydrogens (tertiary/aromatic N) is 2. The fourth-order valence-electron chi connectivity index (χ4n) is 3.37. The highest BCUT2D eigenvalue weighted by Crippen LogP contribution is 2.22. The fourth-order valence-corrected chi connectivity index (χ4v) is 3.37. The first-order valence-corrected chi connectivity index (χ1v) is 8.71. The van der Waals surface area contributed by atoms with Gasteiger partial charge < -0.3 is 15.0 Å². The molecule has 1 aliphatic heterocycles. The number of likely N-dealkylation sites (tertiary alicyclic amines) is 1. The minimum absolute atomic E-state index is 0.251. The Labute approximate surface area is 144 Å². The number of benzene rings is 1. The van der Waals surface area contributed by atoms with Crippen LogP contribution in [0.5, 0.6) is 5.75 Å². The van der Waals surface area contributed by atoms with Crippen molar-refractivity contribution in [1.82, 2.24) is 10.2 Å². The summed E-state index contributed by atoms with van der Waals surface area (Å²) < 4.78 is 5.18. The average molecular weight is 329 g/mol. The van der Waals surface area contributed by atoms with E-state index in [0.717, 1.165) is 38.0 Å². The van der Waals surface area contributed by atoms with Crippen molar-refractivity contribution >= 4 is 5.91 Å². The van der Waals surface area contributed by atoms with Gasteiger partial charge in [0.2, 0.25) is 5.91 Å². The zero-order valence-electron chi connectivity index (χ0n) is 14.8. The van der Waals surface area contributed by atoms with Gasteiger partial charge in [0.1, 0.15) is 11.8 Å². The van der Waals surface area contributed by atoms with E-state index in [4.69, 9.17) is 4.74 Å². The first-order chi connectivity index (χ1) is 11.6. The lowest BCUT2D eigenvalue weighted by atomic mass is 9.89. The highest BCUT2D eigenvalue weighted by molar-refractivity contribution is 5.75. The molecular formula is C19H27N3O2. The predicted octanol–water partition coefficient (Wildman–Crippen LogP) is 2.69. The van der Waals surface area contributed by atoms with Crippen LogP contribution in [0.15, 0.2) is 18.2 Å². The average Bonchev–Trinajstić information content (AvgIpc) is 2.65. The van der Waals surface area contributed by atoms with Crippen molar-refractivity contribution in [3.8, 4) is 11.8 Å².